The summed E-state index contributed by atoms with van der Waals surface area (Å²) in [5, 5.41) is 12.5. The van der Waals surface area contributed by atoms with Crippen LogP contribution >= 0.6 is 15.9 Å². The molecule has 1 atom stereocenters. The highest BCUT2D eigenvalue weighted by Gasteiger charge is 2.05. The maximum absolute atomic E-state index is 9.12. The molecular weight excluding hydrogens is 290 g/mol. The molecule has 0 heterocycles. The SMILES string of the molecule is CC(Nc1cccc(CO)c1)c1cccc(Br)c1. The number of aliphatic hydroxyl groups is 1. The molecule has 0 fully saturated rings. The van der Waals surface area contributed by atoms with E-state index >= 15 is 0 Å². The van der Waals surface area contributed by atoms with Crippen LogP contribution in [0.25, 0.3) is 0 Å². The quantitative estimate of drug-likeness (QED) is 0.891. The van der Waals surface area contributed by atoms with Crippen LogP contribution in [0.2, 0.25) is 0 Å². The van der Waals surface area contributed by atoms with Crippen LogP contribution in [0.4, 0.5) is 5.69 Å². The van der Waals surface area contributed by atoms with Gasteiger partial charge in [0.25, 0.3) is 0 Å². The summed E-state index contributed by atoms with van der Waals surface area (Å²) < 4.78 is 1.08. The fraction of sp³-hybridized carbons (Fsp3) is 0.200. The van der Waals surface area contributed by atoms with Crippen molar-refractivity contribution in [2.75, 3.05) is 5.32 Å². The number of nitrogens with one attached hydrogen (secondary N) is 1. The average molecular weight is 306 g/mol. The first-order chi connectivity index (χ1) is 8.69. The van der Waals surface area contributed by atoms with Crippen LogP contribution in [0, 0.1) is 0 Å². The third-order valence-corrected chi connectivity index (χ3v) is 3.33. The standard InChI is InChI=1S/C15H16BrNO/c1-11(13-5-3-6-14(16)9-13)17-15-7-2-4-12(8-15)10-18/h2-9,11,17-18H,10H2,1H3. The Morgan fingerprint density at radius 3 is 2.67 bits per heavy atom. The van der Waals surface area contributed by atoms with Gasteiger partial charge in [0.1, 0.15) is 0 Å². The molecule has 0 radical (unpaired) electrons. The molecule has 0 aliphatic carbocycles. The topological polar surface area (TPSA) is 32.3 Å². The summed E-state index contributed by atoms with van der Waals surface area (Å²) >= 11 is 3.48. The molecule has 2 aromatic rings. The molecule has 2 rings (SSSR count). The molecular formula is C15H16BrNO. The summed E-state index contributed by atoms with van der Waals surface area (Å²) in [6, 6.07) is 16.3. The van der Waals surface area contributed by atoms with Gasteiger partial charge >= 0.3 is 0 Å². The van der Waals surface area contributed by atoms with E-state index in [-0.39, 0.29) is 12.6 Å². The molecule has 2 N–H and O–H groups in total. The van der Waals surface area contributed by atoms with Gasteiger partial charge in [-0.15, -0.1) is 0 Å². The number of hydrogen-bond acceptors (Lipinski definition) is 2. The second-order valence-electron chi connectivity index (χ2n) is 4.28. The first-order valence-corrected chi connectivity index (χ1v) is 6.70. The Hall–Kier alpha value is -1.32. The minimum atomic E-state index is 0.0702. The first kappa shape index (κ1) is 13.1. The zero-order valence-corrected chi connectivity index (χ0v) is 11.8. The van der Waals surface area contributed by atoms with Crippen molar-refractivity contribution in [3.8, 4) is 0 Å². The lowest BCUT2D eigenvalue weighted by molar-refractivity contribution is 0.282. The molecule has 0 aromatic heterocycles. The molecule has 0 aliphatic rings. The third kappa shape index (κ3) is 3.34. The van der Waals surface area contributed by atoms with Crippen molar-refractivity contribution >= 4 is 21.6 Å². The fourth-order valence-corrected chi connectivity index (χ4v) is 2.29. The van der Waals surface area contributed by atoms with Crippen molar-refractivity contribution in [2.24, 2.45) is 0 Å². The summed E-state index contributed by atoms with van der Waals surface area (Å²) in [4.78, 5) is 0. The van der Waals surface area contributed by atoms with Crippen LogP contribution in [0.1, 0.15) is 24.1 Å². The zero-order chi connectivity index (χ0) is 13.0. The Bertz CT molecular complexity index is 527. The van der Waals surface area contributed by atoms with Gasteiger partial charge < -0.3 is 10.4 Å². The maximum atomic E-state index is 9.12. The van der Waals surface area contributed by atoms with Gasteiger partial charge in [-0.25, -0.2) is 0 Å². The molecule has 18 heavy (non-hydrogen) atoms. The summed E-state index contributed by atoms with van der Waals surface area (Å²) in [6.45, 7) is 2.19. The van der Waals surface area contributed by atoms with Crippen molar-refractivity contribution in [3.05, 3.63) is 64.1 Å². The van der Waals surface area contributed by atoms with Gasteiger partial charge in [0, 0.05) is 16.2 Å². The lowest BCUT2D eigenvalue weighted by atomic mass is 10.1. The predicted octanol–water partition coefficient (Wildman–Crippen LogP) is 4.11. The van der Waals surface area contributed by atoms with E-state index in [0.717, 1.165) is 15.7 Å². The number of aliphatic hydroxyl groups excluding tert-OH is 1. The lowest BCUT2D eigenvalue weighted by Gasteiger charge is -2.16. The highest BCUT2D eigenvalue weighted by molar-refractivity contribution is 9.10. The van der Waals surface area contributed by atoms with Crippen LogP contribution < -0.4 is 5.32 Å². The summed E-state index contributed by atoms with van der Waals surface area (Å²) in [5.74, 6) is 0. The van der Waals surface area contributed by atoms with Crippen LogP contribution in [0.15, 0.2) is 53.0 Å². The number of hydrogen-bond donors (Lipinski definition) is 2. The van der Waals surface area contributed by atoms with Gasteiger partial charge in [0.15, 0.2) is 0 Å². The van der Waals surface area contributed by atoms with E-state index in [0.29, 0.717) is 0 Å². The number of benzene rings is 2. The molecule has 0 amide bonds. The third-order valence-electron chi connectivity index (χ3n) is 2.84. The molecule has 2 nitrogen and oxygen atoms in total. The lowest BCUT2D eigenvalue weighted by Crippen LogP contribution is -2.06. The van der Waals surface area contributed by atoms with E-state index in [1.165, 1.54) is 5.56 Å². The van der Waals surface area contributed by atoms with E-state index in [2.05, 4.69) is 40.3 Å². The summed E-state index contributed by atoms with van der Waals surface area (Å²) in [7, 11) is 0. The highest BCUT2D eigenvalue weighted by Crippen LogP contribution is 2.22. The van der Waals surface area contributed by atoms with Crippen molar-refractivity contribution < 1.29 is 5.11 Å². The van der Waals surface area contributed by atoms with Gasteiger partial charge in [-0.3, -0.25) is 0 Å². The van der Waals surface area contributed by atoms with Crippen molar-refractivity contribution in [2.45, 2.75) is 19.6 Å². The maximum Gasteiger partial charge on any atom is 0.0682 e. The average Bonchev–Trinajstić information content (AvgIpc) is 2.39. The van der Waals surface area contributed by atoms with Crippen molar-refractivity contribution in [1.82, 2.24) is 0 Å². The van der Waals surface area contributed by atoms with Crippen molar-refractivity contribution in [3.63, 3.8) is 0 Å². The molecule has 0 bridgehead atoms. The summed E-state index contributed by atoms with van der Waals surface area (Å²) in [5.41, 5.74) is 3.16. The fourth-order valence-electron chi connectivity index (χ4n) is 1.87. The number of anilines is 1. The van der Waals surface area contributed by atoms with E-state index < -0.39 is 0 Å². The Balaban J connectivity index is 2.13. The molecule has 0 aliphatic heterocycles. The molecule has 94 valence electrons. The molecule has 0 spiro atoms. The Kier molecular flexibility index (Phi) is 4.39. The second-order valence-corrected chi connectivity index (χ2v) is 5.20. The van der Waals surface area contributed by atoms with Crippen LogP contribution in [0.3, 0.4) is 0 Å². The van der Waals surface area contributed by atoms with E-state index in [4.69, 9.17) is 5.11 Å². The smallest absolute Gasteiger partial charge is 0.0682 e. The Morgan fingerprint density at radius 2 is 1.94 bits per heavy atom. The van der Waals surface area contributed by atoms with Gasteiger partial charge in [-0.2, -0.15) is 0 Å². The molecule has 1 unspecified atom stereocenters. The van der Waals surface area contributed by atoms with Gasteiger partial charge in [-0.1, -0.05) is 40.2 Å². The molecule has 0 saturated heterocycles. The summed E-state index contributed by atoms with van der Waals surface area (Å²) in [6.07, 6.45) is 0. The largest absolute Gasteiger partial charge is 0.392 e. The molecule has 0 saturated carbocycles. The number of rotatable bonds is 4. The predicted molar refractivity (Wildman–Crippen MR) is 78.5 cm³/mol. The zero-order valence-electron chi connectivity index (χ0n) is 10.2. The van der Waals surface area contributed by atoms with E-state index in [9.17, 15) is 0 Å². The van der Waals surface area contributed by atoms with E-state index in [1.807, 2.05) is 36.4 Å². The van der Waals surface area contributed by atoms with Gasteiger partial charge in [0.05, 0.1) is 6.61 Å². The Morgan fingerprint density at radius 1 is 1.17 bits per heavy atom. The molecule has 2 aromatic carbocycles. The van der Waals surface area contributed by atoms with Gasteiger partial charge in [-0.05, 0) is 42.3 Å². The van der Waals surface area contributed by atoms with Gasteiger partial charge in [0.2, 0.25) is 0 Å². The second kappa shape index (κ2) is 6.03. The van der Waals surface area contributed by atoms with Crippen LogP contribution in [-0.2, 0) is 6.61 Å². The minimum absolute atomic E-state index is 0.0702. The number of halogens is 1. The van der Waals surface area contributed by atoms with Crippen LogP contribution in [0.5, 0.6) is 0 Å². The highest BCUT2D eigenvalue weighted by atomic mass is 79.9. The van der Waals surface area contributed by atoms with E-state index in [1.54, 1.807) is 0 Å². The Labute approximate surface area is 116 Å². The molecule has 3 heteroatoms. The monoisotopic (exact) mass is 305 g/mol. The minimum Gasteiger partial charge on any atom is -0.392 e. The normalized spacial score (nSPS) is 12.2. The van der Waals surface area contributed by atoms with Crippen LogP contribution in [-0.4, -0.2) is 5.11 Å². The van der Waals surface area contributed by atoms with Crippen molar-refractivity contribution in [1.29, 1.82) is 0 Å². The first-order valence-electron chi connectivity index (χ1n) is 5.91.